The SMILES string of the molecule is Nc1ccc(C(=O)Nc2cccc(-c3nc4ccccc4c(=O)[nH]3)c2)cc1. The number of nitrogens with one attached hydrogen (secondary N) is 2. The van der Waals surface area contributed by atoms with E-state index in [0.29, 0.717) is 39.2 Å². The van der Waals surface area contributed by atoms with Crippen molar-refractivity contribution in [3.05, 3.63) is 88.7 Å². The second-order valence-electron chi connectivity index (χ2n) is 6.09. The Hall–Kier alpha value is -3.93. The van der Waals surface area contributed by atoms with Crippen LogP contribution in [0, 0.1) is 0 Å². The summed E-state index contributed by atoms with van der Waals surface area (Å²) >= 11 is 0. The van der Waals surface area contributed by atoms with Gasteiger partial charge in [-0.2, -0.15) is 0 Å². The van der Waals surface area contributed by atoms with E-state index in [-0.39, 0.29) is 11.5 Å². The smallest absolute Gasteiger partial charge is 0.259 e. The largest absolute Gasteiger partial charge is 0.399 e. The normalized spacial score (nSPS) is 10.7. The van der Waals surface area contributed by atoms with E-state index < -0.39 is 0 Å². The fourth-order valence-electron chi connectivity index (χ4n) is 2.81. The first kappa shape index (κ1) is 16.5. The minimum absolute atomic E-state index is 0.202. The molecule has 1 amide bonds. The number of hydrogen-bond donors (Lipinski definition) is 3. The number of amides is 1. The maximum absolute atomic E-state index is 12.4. The van der Waals surface area contributed by atoms with Gasteiger partial charge >= 0.3 is 0 Å². The van der Waals surface area contributed by atoms with Crippen molar-refractivity contribution in [1.29, 1.82) is 0 Å². The Labute approximate surface area is 154 Å². The van der Waals surface area contributed by atoms with E-state index in [1.807, 2.05) is 12.1 Å². The molecule has 6 nitrogen and oxygen atoms in total. The lowest BCUT2D eigenvalue weighted by Crippen LogP contribution is -2.12. The molecule has 3 aromatic carbocycles. The first-order chi connectivity index (χ1) is 13.1. The maximum atomic E-state index is 12.4. The van der Waals surface area contributed by atoms with Crippen LogP contribution >= 0.6 is 0 Å². The topological polar surface area (TPSA) is 101 Å². The summed E-state index contributed by atoms with van der Waals surface area (Å²) in [6.07, 6.45) is 0. The predicted molar refractivity (Wildman–Crippen MR) is 107 cm³/mol. The Morgan fingerprint density at radius 3 is 2.56 bits per heavy atom. The van der Waals surface area contributed by atoms with E-state index in [1.165, 1.54) is 0 Å². The van der Waals surface area contributed by atoms with Crippen molar-refractivity contribution < 1.29 is 4.79 Å². The number of nitrogens with two attached hydrogens (primary N) is 1. The summed E-state index contributed by atoms with van der Waals surface area (Å²) in [5, 5.41) is 3.38. The number of carbonyl (C=O) groups excluding carboxylic acids is 1. The van der Waals surface area contributed by atoms with Gasteiger partial charge in [-0.1, -0.05) is 24.3 Å². The molecule has 0 aliphatic heterocycles. The second kappa shape index (κ2) is 6.76. The summed E-state index contributed by atoms with van der Waals surface area (Å²) in [4.78, 5) is 32.0. The van der Waals surface area contributed by atoms with Gasteiger partial charge in [0.15, 0.2) is 0 Å². The van der Waals surface area contributed by atoms with E-state index in [1.54, 1.807) is 60.7 Å². The molecule has 4 N–H and O–H groups in total. The molecular formula is C21H16N4O2. The van der Waals surface area contributed by atoms with Crippen LogP contribution in [0.2, 0.25) is 0 Å². The molecule has 0 radical (unpaired) electrons. The number of nitrogens with zero attached hydrogens (tertiary/aromatic N) is 1. The van der Waals surface area contributed by atoms with Gasteiger partial charge in [0.25, 0.3) is 11.5 Å². The number of para-hydroxylation sites is 1. The van der Waals surface area contributed by atoms with E-state index in [2.05, 4.69) is 15.3 Å². The van der Waals surface area contributed by atoms with Crippen molar-refractivity contribution in [2.75, 3.05) is 11.1 Å². The minimum Gasteiger partial charge on any atom is -0.399 e. The van der Waals surface area contributed by atoms with Crippen molar-refractivity contribution in [1.82, 2.24) is 9.97 Å². The summed E-state index contributed by atoms with van der Waals surface area (Å²) in [6, 6.07) is 21.0. The van der Waals surface area contributed by atoms with Gasteiger partial charge in [0.05, 0.1) is 10.9 Å². The number of fused-ring (bicyclic) bond motifs is 1. The van der Waals surface area contributed by atoms with Gasteiger partial charge in [0.2, 0.25) is 0 Å². The molecule has 132 valence electrons. The Morgan fingerprint density at radius 1 is 0.963 bits per heavy atom. The fourth-order valence-corrected chi connectivity index (χ4v) is 2.81. The van der Waals surface area contributed by atoms with Crippen molar-refractivity contribution in [3.63, 3.8) is 0 Å². The average molecular weight is 356 g/mol. The van der Waals surface area contributed by atoms with Gasteiger partial charge in [0.1, 0.15) is 5.82 Å². The Morgan fingerprint density at radius 2 is 1.74 bits per heavy atom. The summed E-state index contributed by atoms with van der Waals surface area (Å²) in [5.41, 5.74) is 8.47. The maximum Gasteiger partial charge on any atom is 0.259 e. The molecule has 0 aliphatic carbocycles. The molecule has 0 aliphatic rings. The van der Waals surface area contributed by atoms with Crippen molar-refractivity contribution >= 4 is 28.2 Å². The molecule has 0 fully saturated rings. The molecule has 0 atom stereocenters. The fraction of sp³-hybridized carbons (Fsp3) is 0. The van der Waals surface area contributed by atoms with E-state index >= 15 is 0 Å². The number of rotatable bonds is 3. The number of H-pyrrole nitrogens is 1. The Balaban J connectivity index is 1.66. The van der Waals surface area contributed by atoms with Crippen LogP contribution in [-0.4, -0.2) is 15.9 Å². The molecule has 0 spiro atoms. The van der Waals surface area contributed by atoms with Gasteiger partial charge < -0.3 is 16.0 Å². The lowest BCUT2D eigenvalue weighted by atomic mass is 10.1. The summed E-state index contributed by atoms with van der Waals surface area (Å²) in [7, 11) is 0. The van der Waals surface area contributed by atoms with E-state index in [4.69, 9.17) is 5.73 Å². The van der Waals surface area contributed by atoms with Crippen LogP contribution in [0.3, 0.4) is 0 Å². The first-order valence-corrected chi connectivity index (χ1v) is 8.36. The third-order valence-corrected chi connectivity index (χ3v) is 4.18. The number of benzene rings is 3. The summed E-state index contributed by atoms with van der Waals surface area (Å²) in [5.74, 6) is 0.203. The van der Waals surface area contributed by atoms with Crippen LogP contribution in [-0.2, 0) is 0 Å². The van der Waals surface area contributed by atoms with Gasteiger partial charge in [-0.25, -0.2) is 4.98 Å². The van der Waals surface area contributed by atoms with Gasteiger partial charge in [-0.15, -0.1) is 0 Å². The van der Waals surface area contributed by atoms with Crippen LogP contribution < -0.4 is 16.6 Å². The number of aromatic nitrogens is 2. The van der Waals surface area contributed by atoms with E-state index in [0.717, 1.165) is 0 Å². The van der Waals surface area contributed by atoms with Crippen LogP contribution in [0.15, 0.2) is 77.6 Å². The zero-order valence-corrected chi connectivity index (χ0v) is 14.3. The van der Waals surface area contributed by atoms with Crippen molar-refractivity contribution in [2.24, 2.45) is 0 Å². The quantitative estimate of drug-likeness (QED) is 0.490. The van der Waals surface area contributed by atoms with Crippen LogP contribution in [0.25, 0.3) is 22.3 Å². The molecule has 0 saturated heterocycles. The molecule has 4 aromatic rings. The number of nitrogen functional groups attached to an aromatic ring is 1. The number of anilines is 2. The minimum atomic E-state index is -0.243. The zero-order chi connectivity index (χ0) is 18.8. The monoisotopic (exact) mass is 356 g/mol. The molecule has 0 bridgehead atoms. The third kappa shape index (κ3) is 3.41. The summed E-state index contributed by atoms with van der Waals surface area (Å²) < 4.78 is 0. The van der Waals surface area contributed by atoms with Crippen LogP contribution in [0.1, 0.15) is 10.4 Å². The highest BCUT2D eigenvalue weighted by atomic mass is 16.1. The standard InChI is InChI=1S/C21H16N4O2/c22-15-10-8-13(9-11-15)20(26)23-16-5-3-4-14(12-16)19-24-18-7-2-1-6-17(18)21(27)25-19/h1-12H,22H2,(H,23,26)(H,24,25,27). The van der Waals surface area contributed by atoms with Crippen molar-refractivity contribution in [2.45, 2.75) is 0 Å². The Kier molecular flexibility index (Phi) is 4.14. The molecular weight excluding hydrogens is 340 g/mol. The highest BCUT2D eigenvalue weighted by molar-refractivity contribution is 6.04. The lowest BCUT2D eigenvalue weighted by molar-refractivity contribution is 0.102. The first-order valence-electron chi connectivity index (χ1n) is 8.36. The molecule has 27 heavy (non-hydrogen) atoms. The zero-order valence-electron chi connectivity index (χ0n) is 14.3. The van der Waals surface area contributed by atoms with Gasteiger partial charge in [-0.05, 0) is 48.5 Å². The highest BCUT2D eigenvalue weighted by Gasteiger charge is 2.09. The van der Waals surface area contributed by atoms with Gasteiger partial charge in [-0.3, -0.25) is 9.59 Å². The van der Waals surface area contributed by atoms with Crippen LogP contribution in [0.4, 0.5) is 11.4 Å². The summed E-state index contributed by atoms with van der Waals surface area (Å²) in [6.45, 7) is 0. The second-order valence-corrected chi connectivity index (χ2v) is 6.09. The molecule has 0 unspecified atom stereocenters. The number of hydrogen-bond acceptors (Lipinski definition) is 4. The molecule has 6 heteroatoms. The predicted octanol–water partition coefficient (Wildman–Crippen LogP) is 3.42. The van der Waals surface area contributed by atoms with Gasteiger partial charge in [0, 0.05) is 22.5 Å². The van der Waals surface area contributed by atoms with E-state index in [9.17, 15) is 9.59 Å². The highest BCUT2D eigenvalue weighted by Crippen LogP contribution is 2.21. The molecule has 1 aromatic heterocycles. The number of carbonyl (C=O) groups is 1. The molecule has 4 rings (SSSR count). The van der Waals surface area contributed by atoms with Crippen LogP contribution in [0.5, 0.6) is 0 Å². The average Bonchev–Trinajstić information content (AvgIpc) is 2.68. The molecule has 0 saturated carbocycles. The Bertz CT molecular complexity index is 1200. The number of aromatic amines is 1. The van der Waals surface area contributed by atoms with Crippen molar-refractivity contribution in [3.8, 4) is 11.4 Å². The molecule has 1 heterocycles. The lowest BCUT2D eigenvalue weighted by Gasteiger charge is -2.08. The third-order valence-electron chi connectivity index (χ3n) is 4.18.